The van der Waals surface area contributed by atoms with E-state index in [1.165, 1.54) is 0 Å². The molecule has 0 aromatic heterocycles. The summed E-state index contributed by atoms with van der Waals surface area (Å²) in [4.78, 5) is 0. The van der Waals surface area contributed by atoms with Gasteiger partial charge in [0.2, 0.25) is 0 Å². The summed E-state index contributed by atoms with van der Waals surface area (Å²) in [7, 11) is 1.64. The minimum Gasteiger partial charge on any atom is -0.657 e. The van der Waals surface area contributed by atoms with Crippen molar-refractivity contribution >= 4 is 0 Å². The number of rotatable bonds is 2. The van der Waals surface area contributed by atoms with Gasteiger partial charge in [-0.3, -0.25) is 8.78 Å². The minimum absolute atomic E-state index is 0. The molecule has 1 radical (unpaired) electrons. The van der Waals surface area contributed by atoms with E-state index in [9.17, 15) is 8.78 Å². The van der Waals surface area contributed by atoms with E-state index in [1.54, 1.807) is 7.11 Å². The van der Waals surface area contributed by atoms with Crippen molar-refractivity contribution in [2.75, 3.05) is 13.7 Å². The van der Waals surface area contributed by atoms with E-state index >= 15 is 0 Å². The number of ether oxygens (including phenoxy) is 1. The Kier molecular flexibility index (Phi) is 5.66. The molecule has 1 aliphatic rings. The average Bonchev–Trinajstić information content (AvgIpc) is 2.29. The summed E-state index contributed by atoms with van der Waals surface area (Å²) >= 11 is 0. The monoisotopic (exact) mass is 418 g/mol. The third-order valence-corrected chi connectivity index (χ3v) is 2.84. The second-order valence-electron chi connectivity index (χ2n) is 3.88. The van der Waals surface area contributed by atoms with Crippen molar-refractivity contribution in [1.29, 1.82) is 0 Å². The van der Waals surface area contributed by atoms with Gasteiger partial charge in [-0.25, -0.2) is 0 Å². The summed E-state index contributed by atoms with van der Waals surface area (Å²) < 4.78 is 31.5. The molecule has 1 aliphatic heterocycles. The van der Waals surface area contributed by atoms with Gasteiger partial charge in [-0.2, -0.15) is 6.07 Å². The first-order valence-corrected chi connectivity index (χ1v) is 5.26. The standard InChI is InChI=1S/C12H13F2NO.Ir/c1-16-9-4-5-15-12(7-9)10-3-2-8(13)6-11(10)14;/h2,6,9,12H,4-5,7H2,1H3;/q-2;. The van der Waals surface area contributed by atoms with Crippen LogP contribution in [-0.4, -0.2) is 19.8 Å². The van der Waals surface area contributed by atoms with E-state index < -0.39 is 11.6 Å². The van der Waals surface area contributed by atoms with Crippen LogP contribution in [0.3, 0.4) is 0 Å². The summed E-state index contributed by atoms with van der Waals surface area (Å²) in [6, 6.07) is 4.37. The van der Waals surface area contributed by atoms with Crippen molar-refractivity contribution in [1.82, 2.24) is 0 Å². The van der Waals surface area contributed by atoms with Crippen LogP contribution >= 0.6 is 0 Å². The molecular weight excluding hydrogens is 404 g/mol. The van der Waals surface area contributed by atoms with Crippen molar-refractivity contribution in [3.63, 3.8) is 0 Å². The molecule has 1 heterocycles. The first-order valence-electron chi connectivity index (χ1n) is 5.26. The molecule has 0 amide bonds. The fraction of sp³-hybridized carbons (Fsp3) is 0.500. The molecule has 1 saturated heterocycles. The second-order valence-corrected chi connectivity index (χ2v) is 3.88. The molecule has 1 fully saturated rings. The molecule has 1 aromatic rings. The Balaban J connectivity index is 0.00000144. The molecule has 0 N–H and O–H groups in total. The van der Waals surface area contributed by atoms with Crippen LogP contribution in [0.5, 0.6) is 0 Å². The molecule has 0 aliphatic carbocycles. The number of methoxy groups -OCH3 is 1. The van der Waals surface area contributed by atoms with Gasteiger partial charge < -0.3 is 10.1 Å². The Bertz CT molecular complexity index is 376. The molecule has 2 rings (SSSR count). The zero-order chi connectivity index (χ0) is 11.5. The van der Waals surface area contributed by atoms with Crippen LogP contribution in [0, 0.1) is 17.7 Å². The maximum absolute atomic E-state index is 13.5. The van der Waals surface area contributed by atoms with E-state index in [4.69, 9.17) is 4.74 Å². The Labute approximate surface area is 113 Å². The van der Waals surface area contributed by atoms with Gasteiger partial charge in [0.05, 0.1) is 6.10 Å². The molecule has 0 spiro atoms. The van der Waals surface area contributed by atoms with Crippen LogP contribution < -0.4 is 0 Å². The molecule has 2 unspecified atom stereocenters. The Morgan fingerprint density at radius 3 is 2.88 bits per heavy atom. The van der Waals surface area contributed by atoms with Gasteiger partial charge in [-0.05, 0) is 12.8 Å². The van der Waals surface area contributed by atoms with E-state index in [2.05, 4.69) is 11.4 Å². The molecule has 1 aromatic carbocycles. The maximum Gasteiger partial charge on any atom is 0.0543 e. The van der Waals surface area contributed by atoms with Gasteiger partial charge >= 0.3 is 0 Å². The van der Waals surface area contributed by atoms with Crippen LogP contribution in [0.15, 0.2) is 12.1 Å². The normalized spacial score (nSPS) is 24.2. The zero-order valence-electron chi connectivity index (χ0n) is 9.38. The summed E-state index contributed by atoms with van der Waals surface area (Å²) in [6.07, 6.45) is 1.59. The van der Waals surface area contributed by atoms with Gasteiger partial charge in [0.1, 0.15) is 0 Å². The molecule has 0 saturated carbocycles. The van der Waals surface area contributed by atoms with Gasteiger partial charge in [-0.15, -0.1) is 30.3 Å². The topological polar surface area (TPSA) is 23.3 Å². The molecule has 5 heteroatoms. The van der Waals surface area contributed by atoms with Crippen LogP contribution in [0.2, 0.25) is 0 Å². The van der Waals surface area contributed by atoms with E-state index in [1.807, 2.05) is 0 Å². The SMILES string of the molecule is COC1CC[N-]C(c2[c-]cc(F)cc2F)C1.[Ir]. The fourth-order valence-corrected chi connectivity index (χ4v) is 1.95. The molecule has 17 heavy (non-hydrogen) atoms. The average molecular weight is 417 g/mol. The quantitative estimate of drug-likeness (QED) is 0.679. The van der Waals surface area contributed by atoms with E-state index in [-0.39, 0.29) is 32.3 Å². The third kappa shape index (κ3) is 3.55. The van der Waals surface area contributed by atoms with Crippen molar-refractivity contribution in [3.05, 3.63) is 40.7 Å². The van der Waals surface area contributed by atoms with Crippen LogP contribution in [-0.2, 0) is 24.8 Å². The van der Waals surface area contributed by atoms with Crippen LogP contribution in [0.4, 0.5) is 8.78 Å². The largest absolute Gasteiger partial charge is 0.657 e. The van der Waals surface area contributed by atoms with Crippen molar-refractivity contribution < 1.29 is 33.6 Å². The summed E-state index contributed by atoms with van der Waals surface area (Å²) in [5, 5.41) is 4.31. The maximum atomic E-state index is 13.5. The predicted molar refractivity (Wildman–Crippen MR) is 56.2 cm³/mol. The molecule has 2 atom stereocenters. The molecular formula is C12H13F2IrNO-2. The number of hydrogen-bond donors (Lipinski definition) is 0. The van der Waals surface area contributed by atoms with Gasteiger partial charge in [-0.1, -0.05) is 0 Å². The van der Waals surface area contributed by atoms with E-state index in [0.717, 1.165) is 18.6 Å². The molecule has 2 nitrogen and oxygen atoms in total. The van der Waals surface area contributed by atoms with Gasteiger partial charge in [0.25, 0.3) is 0 Å². The van der Waals surface area contributed by atoms with Crippen molar-refractivity contribution in [2.24, 2.45) is 0 Å². The Morgan fingerprint density at radius 2 is 2.24 bits per heavy atom. The van der Waals surface area contributed by atoms with Crippen LogP contribution in [0.25, 0.3) is 5.32 Å². The number of halogens is 2. The van der Waals surface area contributed by atoms with Gasteiger partial charge in [0, 0.05) is 38.8 Å². The molecule has 97 valence electrons. The minimum atomic E-state index is -0.611. The van der Waals surface area contributed by atoms with E-state index in [0.29, 0.717) is 18.5 Å². The Morgan fingerprint density at radius 1 is 1.47 bits per heavy atom. The smallest absolute Gasteiger partial charge is 0.0543 e. The number of piperidine rings is 1. The van der Waals surface area contributed by atoms with Crippen molar-refractivity contribution in [3.8, 4) is 0 Å². The number of benzene rings is 1. The summed E-state index contributed by atoms with van der Waals surface area (Å²) in [6.45, 7) is 0.647. The zero-order valence-corrected chi connectivity index (χ0v) is 11.8. The summed E-state index contributed by atoms with van der Waals surface area (Å²) in [5.41, 5.74) is 0.336. The first kappa shape index (κ1) is 14.7. The first-order chi connectivity index (χ1) is 7.70. The number of hydrogen-bond acceptors (Lipinski definition) is 1. The number of nitrogens with zero attached hydrogens (tertiary/aromatic N) is 1. The third-order valence-electron chi connectivity index (χ3n) is 2.84. The molecule has 0 bridgehead atoms. The van der Waals surface area contributed by atoms with Crippen LogP contribution in [0.1, 0.15) is 24.4 Å². The Hall–Kier alpha value is -0.351. The summed E-state index contributed by atoms with van der Waals surface area (Å²) in [5.74, 6) is -1.19. The van der Waals surface area contributed by atoms with Crippen molar-refractivity contribution in [2.45, 2.75) is 25.0 Å². The van der Waals surface area contributed by atoms with Gasteiger partial charge in [0.15, 0.2) is 0 Å². The fourth-order valence-electron chi connectivity index (χ4n) is 1.95. The predicted octanol–water partition coefficient (Wildman–Crippen LogP) is 2.99. The second kappa shape index (κ2) is 6.55.